The van der Waals surface area contributed by atoms with Crippen LogP contribution in [0.25, 0.3) is 0 Å². The van der Waals surface area contributed by atoms with Gasteiger partial charge in [-0.05, 0) is 36.2 Å². The van der Waals surface area contributed by atoms with Crippen molar-refractivity contribution in [3.8, 4) is 11.5 Å². The number of benzene rings is 2. The fourth-order valence-electron chi connectivity index (χ4n) is 2.30. The fourth-order valence-corrected chi connectivity index (χ4v) is 2.30. The average Bonchev–Trinajstić information content (AvgIpc) is 2.57. The van der Waals surface area contributed by atoms with Gasteiger partial charge in [-0.25, -0.2) is 8.78 Å². The Morgan fingerprint density at radius 1 is 1.08 bits per heavy atom. The number of halogens is 2. The summed E-state index contributed by atoms with van der Waals surface area (Å²) in [7, 11) is 3.08. The Hall–Kier alpha value is -2.63. The molecule has 0 saturated heterocycles. The maximum absolute atomic E-state index is 13.6. The van der Waals surface area contributed by atoms with Crippen molar-refractivity contribution in [3.05, 3.63) is 53.6 Å². The second kappa shape index (κ2) is 7.77. The summed E-state index contributed by atoms with van der Waals surface area (Å²) in [6.07, 6.45) is 0.439. The number of carbonyl (C=O) groups excluding carboxylic acids is 1. The second-order valence-electron chi connectivity index (χ2n) is 5.41. The first-order valence-corrected chi connectivity index (χ1v) is 7.41. The molecule has 0 aromatic heterocycles. The smallest absolute Gasteiger partial charge is 0.227 e. The van der Waals surface area contributed by atoms with Crippen molar-refractivity contribution in [1.29, 1.82) is 0 Å². The van der Waals surface area contributed by atoms with E-state index in [-0.39, 0.29) is 11.6 Å². The second-order valence-corrected chi connectivity index (χ2v) is 5.41. The number of anilines is 1. The molecule has 1 amide bonds. The van der Waals surface area contributed by atoms with Gasteiger partial charge in [0.15, 0.2) is 11.5 Å². The lowest BCUT2D eigenvalue weighted by Gasteiger charge is -2.14. The van der Waals surface area contributed by atoms with Crippen LogP contribution in [0.4, 0.5) is 14.5 Å². The number of hydrogen-bond acceptors (Lipinski definition) is 3. The van der Waals surface area contributed by atoms with Gasteiger partial charge >= 0.3 is 0 Å². The highest BCUT2D eigenvalue weighted by molar-refractivity contribution is 5.92. The Morgan fingerprint density at radius 2 is 1.79 bits per heavy atom. The summed E-state index contributed by atoms with van der Waals surface area (Å²) < 4.78 is 36.9. The fraction of sp³-hybridized carbons (Fsp3) is 0.278. The van der Waals surface area contributed by atoms with Gasteiger partial charge in [-0.2, -0.15) is 0 Å². The normalized spacial score (nSPS) is 11.7. The quantitative estimate of drug-likeness (QED) is 0.873. The first kappa shape index (κ1) is 17.7. The highest BCUT2D eigenvalue weighted by Crippen LogP contribution is 2.28. The molecule has 0 fully saturated rings. The maximum atomic E-state index is 13.6. The highest BCUT2D eigenvalue weighted by atomic mass is 19.1. The molecular weight excluding hydrogens is 316 g/mol. The average molecular weight is 335 g/mol. The maximum Gasteiger partial charge on any atom is 0.227 e. The van der Waals surface area contributed by atoms with E-state index in [4.69, 9.17) is 9.47 Å². The van der Waals surface area contributed by atoms with E-state index in [2.05, 4.69) is 5.32 Å². The molecule has 1 unspecified atom stereocenters. The highest BCUT2D eigenvalue weighted by Gasteiger charge is 2.17. The standard InChI is InChI=1S/C18H19F2NO3/c1-11(8-12-4-7-16(23-2)17(9-12)24-3)18(22)21-15-6-5-13(19)10-14(15)20/h4-7,9-11H,8H2,1-3H3,(H,21,22). The topological polar surface area (TPSA) is 47.6 Å². The number of carbonyl (C=O) groups is 1. The minimum atomic E-state index is -0.804. The van der Waals surface area contributed by atoms with Crippen LogP contribution < -0.4 is 14.8 Å². The van der Waals surface area contributed by atoms with Crippen LogP contribution in [0.5, 0.6) is 11.5 Å². The van der Waals surface area contributed by atoms with Gasteiger partial charge in [-0.3, -0.25) is 4.79 Å². The molecule has 0 aliphatic carbocycles. The number of amides is 1. The molecule has 4 nitrogen and oxygen atoms in total. The number of hydrogen-bond donors (Lipinski definition) is 1. The molecule has 2 aromatic carbocycles. The van der Waals surface area contributed by atoms with Crippen LogP contribution in [0.1, 0.15) is 12.5 Å². The zero-order chi connectivity index (χ0) is 17.7. The molecule has 0 spiro atoms. The molecule has 24 heavy (non-hydrogen) atoms. The Morgan fingerprint density at radius 3 is 2.42 bits per heavy atom. The molecule has 1 atom stereocenters. The summed E-state index contributed by atoms with van der Waals surface area (Å²) in [6, 6.07) is 8.42. The molecule has 2 rings (SSSR count). The van der Waals surface area contributed by atoms with Crippen molar-refractivity contribution in [2.75, 3.05) is 19.5 Å². The van der Waals surface area contributed by atoms with Crippen LogP contribution in [0, 0.1) is 17.6 Å². The van der Waals surface area contributed by atoms with E-state index in [1.165, 1.54) is 13.2 Å². The van der Waals surface area contributed by atoms with Crippen LogP contribution in [-0.2, 0) is 11.2 Å². The molecule has 128 valence electrons. The molecule has 0 saturated carbocycles. The summed E-state index contributed by atoms with van der Waals surface area (Å²) >= 11 is 0. The third-order valence-corrected chi connectivity index (χ3v) is 3.63. The lowest BCUT2D eigenvalue weighted by molar-refractivity contribution is -0.119. The summed E-state index contributed by atoms with van der Waals surface area (Å²) in [4.78, 5) is 12.2. The van der Waals surface area contributed by atoms with Crippen molar-refractivity contribution < 1.29 is 23.0 Å². The van der Waals surface area contributed by atoms with Gasteiger partial charge in [0.1, 0.15) is 11.6 Å². The van der Waals surface area contributed by atoms with Gasteiger partial charge < -0.3 is 14.8 Å². The van der Waals surface area contributed by atoms with Crippen molar-refractivity contribution in [3.63, 3.8) is 0 Å². The van der Waals surface area contributed by atoms with Gasteiger partial charge in [-0.15, -0.1) is 0 Å². The minimum absolute atomic E-state index is 0.0411. The summed E-state index contributed by atoms with van der Waals surface area (Å²) in [5.74, 6) is -1.08. The first-order chi connectivity index (χ1) is 11.4. The van der Waals surface area contributed by atoms with Gasteiger partial charge in [0.2, 0.25) is 5.91 Å². The summed E-state index contributed by atoms with van der Waals surface area (Å²) in [6.45, 7) is 1.73. The monoisotopic (exact) mass is 335 g/mol. The molecule has 1 N–H and O–H groups in total. The largest absolute Gasteiger partial charge is 0.493 e. The van der Waals surface area contributed by atoms with Crippen LogP contribution in [0.15, 0.2) is 36.4 Å². The molecule has 6 heteroatoms. The summed E-state index contributed by atoms with van der Waals surface area (Å²) in [5, 5.41) is 2.47. The van der Waals surface area contributed by atoms with Crippen LogP contribution >= 0.6 is 0 Å². The Kier molecular flexibility index (Phi) is 5.73. The van der Waals surface area contributed by atoms with E-state index in [1.54, 1.807) is 26.2 Å². The molecular formula is C18H19F2NO3. The van der Waals surface area contributed by atoms with Crippen molar-refractivity contribution >= 4 is 11.6 Å². The van der Waals surface area contributed by atoms with E-state index in [1.807, 2.05) is 6.07 Å². The number of ether oxygens (including phenoxy) is 2. The van der Waals surface area contributed by atoms with E-state index in [9.17, 15) is 13.6 Å². The molecule has 0 heterocycles. The van der Waals surface area contributed by atoms with Crippen LogP contribution in [0.3, 0.4) is 0 Å². The zero-order valence-corrected chi connectivity index (χ0v) is 13.7. The van der Waals surface area contributed by atoms with E-state index in [0.29, 0.717) is 17.9 Å². The van der Waals surface area contributed by atoms with Crippen molar-refractivity contribution in [1.82, 2.24) is 0 Å². The van der Waals surface area contributed by atoms with Gasteiger partial charge in [0, 0.05) is 12.0 Å². The number of nitrogens with one attached hydrogen (secondary N) is 1. The lowest BCUT2D eigenvalue weighted by atomic mass is 10.00. The first-order valence-electron chi connectivity index (χ1n) is 7.41. The summed E-state index contributed by atoms with van der Waals surface area (Å²) in [5.41, 5.74) is 0.843. The Bertz CT molecular complexity index is 734. The SMILES string of the molecule is COc1ccc(CC(C)C(=O)Nc2ccc(F)cc2F)cc1OC. The molecule has 0 aliphatic rings. The van der Waals surface area contributed by atoms with E-state index < -0.39 is 17.6 Å². The third-order valence-electron chi connectivity index (χ3n) is 3.63. The molecule has 0 bridgehead atoms. The van der Waals surface area contributed by atoms with E-state index >= 15 is 0 Å². The minimum Gasteiger partial charge on any atom is -0.493 e. The van der Waals surface area contributed by atoms with Crippen LogP contribution in [0.2, 0.25) is 0 Å². The van der Waals surface area contributed by atoms with Gasteiger partial charge in [-0.1, -0.05) is 13.0 Å². The Balaban J connectivity index is 2.06. The number of rotatable bonds is 6. The van der Waals surface area contributed by atoms with Gasteiger partial charge in [0.05, 0.1) is 19.9 Å². The predicted octanol–water partition coefficient (Wildman–Crippen LogP) is 3.80. The van der Waals surface area contributed by atoms with E-state index in [0.717, 1.165) is 17.7 Å². The zero-order valence-electron chi connectivity index (χ0n) is 13.7. The van der Waals surface area contributed by atoms with Crippen molar-refractivity contribution in [2.24, 2.45) is 5.92 Å². The van der Waals surface area contributed by atoms with Crippen LogP contribution in [-0.4, -0.2) is 20.1 Å². The predicted molar refractivity (Wildman–Crippen MR) is 87.4 cm³/mol. The number of methoxy groups -OCH3 is 2. The van der Waals surface area contributed by atoms with Gasteiger partial charge in [0.25, 0.3) is 0 Å². The Labute approximate surface area is 139 Å². The third kappa shape index (κ3) is 4.22. The lowest BCUT2D eigenvalue weighted by Crippen LogP contribution is -2.22. The molecule has 0 aliphatic heterocycles. The molecule has 0 radical (unpaired) electrons. The molecule has 2 aromatic rings. The van der Waals surface area contributed by atoms with Crippen molar-refractivity contribution in [2.45, 2.75) is 13.3 Å².